The normalized spacial score (nSPS) is 21.4. The fourth-order valence-corrected chi connectivity index (χ4v) is 4.57. The summed E-state index contributed by atoms with van der Waals surface area (Å²) < 4.78 is 0. The van der Waals surface area contributed by atoms with Gasteiger partial charge >= 0.3 is 0 Å². The molecule has 1 saturated carbocycles. The minimum absolute atomic E-state index is 0.0552. The maximum Gasteiger partial charge on any atom is 0.220 e. The van der Waals surface area contributed by atoms with E-state index < -0.39 is 0 Å². The van der Waals surface area contributed by atoms with E-state index in [-0.39, 0.29) is 11.4 Å². The zero-order valence-electron chi connectivity index (χ0n) is 16.2. The maximum absolute atomic E-state index is 12.4. The summed E-state index contributed by atoms with van der Waals surface area (Å²) in [7, 11) is 0. The Bertz CT molecular complexity index is 548. The van der Waals surface area contributed by atoms with Gasteiger partial charge in [0.25, 0.3) is 0 Å². The van der Waals surface area contributed by atoms with Crippen LogP contribution in [-0.4, -0.2) is 31.1 Å². The molecule has 0 bridgehead atoms. The van der Waals surface area contributed by atoms with E-state index in [0.717, 1.165) is 44.8 Å². The molecular formula is C22H35N3O. The molecule has 1 unspecified atom stereocenters. The Morgan fingerprint density at radius 3 is 2.58 bits per heavy atom. The Labute approximate surface area is 158 Å². The van der Waals surface area contributed by atoms with Crippen molar-refractivity contribution in [3.63, 3.8) is 0 Å². The molecule has 1 amide bonds. The van der Waals surface area contributed by atoms with Gasteiger partial charge in [-0.3, -0.25) is 4.79 Å². The van der Waals surface area contributed by atoms with E-state index >= 15 is 0 Å². The Hall–Kier alpha value is -1.39. The monoisotopic (exact) mass is 357 g/mol. The standard InChI is InChI=1S/C22H35N3O/c1-18(20-7-3-2-4-8-20)25-22(13-5-6-14-22)17-24-21(26)10-9-19-11-15-23-16-12-19/h2-4,7-8,18-19,23,25H,5-6,9-17H2,1H3,(H,24,26). The molecule has 0 aromatic heterocycles. The molecule has 0 radical (unpaired) electrons. The first-order chi connectivity index (χ1) is 12.7. The van der Waals surface area contributed by atoms with Crippen LogP contribution < -0.4 is 16.0 Å². The predicted octanol–water partition coefficient (Wildman–Crippen LogP) is 3.55. The van der Waals surface area contributed by atoms with Crippen molar-refractivity contribution in [3.8, 4) is 0 Å². The molecule has 4 heteroatoms. The van der Waals surface area contributed by atoms with Gasteiger partial charge in [-0.1, -0.05) is 43.2 Å². The number of hydrogen-bond donors (Lipinski definition) is 3. The quantitative estimate of drug-likeness (QED) is 0.667. The summed E-state index contributed by atoms with van der Waals surface area (Å²) >= 11 is 0. The van der Waals surface area contributed by atoms with Crippen LogP contribution in [0.5, 0.6) is 0 Å². The van der Waals surface area contributed by atoms with E-state index in [1.165, 1.54) is 31.2 Å². The Morgan fingerprint density at radius 2 is 1.88 bits per heavy atom. The summed E-state index contributed by atoms with van der Waals surface area (Å²) in [5.41, 5.74) is 1.37. The Morgan fingerprint density at radius 1 is 1.19 bits per heavy atom. The van der Waals surface area contributed by atoms with Gasteiger partial charge in [0, 0.05) is 24.5 Å². The molecule has 1 atom stereocenters. The molecule has 1 aliphatic carbocycles. The summed E-state index contributed by atoms with van der Waals surface area (Å²) in [6, 6.07) is 10.9. The van der Waals surface area contributed by atoms with Crippen molar-refractivity contribution in [2.24, 2.45) is 5.92 Å². The third kappa shape index (κ3) is 5.55. The first-order valence-electron chi connectivity index (χ1n) is 10.5. The van der Waals surface area contributed by atoms with Crippen molar-refractivity contribution in [2.75, 3.05) is 19.6 Å². The summed E-state index contributed by atoms with van der Waals surface area (Å²) in [6.07, 6.45) is 8.94. The Balaban J connectivity index is 1.47. The molecule has 26 heavy (non-hydrogen) atoms. The first kappa shape index (κ1) is 19.4. The molecule has 1 aromatic carbocycles. The molecule has 1 aliphatic heterocycles. The number of amides is 1. The molecule has 144 valence electrons. The fourth-order valence-electron chi connectivity index (χ4n) is 4.57. The van der Waals surface area contributed by atoms with Crippen molar-refractivity contribution in [1.82, 2.24) is 16.0 Å². The second kappa shape index (κ2) is 9.52. The van der Waals surface area contributed by atoms with Crippen molar-refractivity contribution in [2.45, 2.75) is 69.9 Å². The molecule has 3 rings (SSSR count). The summed E-state index contributed by atoms with van der Waals surface area (Å²) in [5.74, 6) is 0.947. The van der Waals surface area contributed by atoms with Gasteiger partial charge in [-0.25, -0.2) is 0 Å². The lowest BCUT2D eigenvalue weighted by Gasteiger charge is -2.34. The van der Waals surface area contributed by atoms with E-state index in [2.05, 4.69) is 53.2 Å². The SMILES string of the molecule is CC(NC1(CNC(=O)CCC2CCNCC2)CCCC1)c1ccccc1. The minimum atomic E-state index is 0.0552. The topological polar surface area (TPSA) is 53.2 Å². The van der Waals surface area contributed by atoms with E-state index in [9.17, 15) is 4.79 Å². The number of rotatable bonds is 8. The average molecular weight is 358 g/mol. The lowest BCUT2D eigenvalue weighted by atomic mass is 9.92. The highest BCUT2D eigenvalue weighted by Gasteiger charge is 2.35. The summed E-state index contributed by atoms with van der Waals surface area (Å²) in [5, 5.41) is 10.5. The third-order valence-corrected chi connectivity index (χ3v) is 6.25. The van der Waals surface area contributed by atoms with Gasteiger partial charge in [0.05, 0.1) is 0 Å². The third-order valence-electron chi connectivity index (χ3n) is 6.25. The highest BCUT2D eigenvalue weighted by Crippen LogP contribution is 2.32. The number of benzene rings is 1. The van der Waals surface area contributed by atoms with E-state index in [0.29, 0.717) is 12.5 Å². The van der Waals surface area contributed by atoms with Crippen LogP contribution in [0.25, 0.3) is 0 Å². The summed E-state index contributed by atoms with van der Waals surface area (Å²) in [6.45, 7) is 5.21. The fraction of sp³-hybridized carbons (Fsp3) is 0.682. The molecule has 2 fully saturated rings. The molecule has 0 spiro atoms. The molecule has 1 aromatic rings. The molecule has 2 aliphatic rings. The van der Waals surface area contributed by atoms with Gasteiger partial charge in [0.2, 0.25) is 5.91 Å². The van der Waals surface area contributed by atoms with Crippen LogP contribution in [0.2, 0.25) is 0 Å². The van der Waals surface area contributed by atoms with Crippen LogP contribution in [0, 0.1) is 5.92 Å². The van der Waals surface area contributed by atoms with Crippen LogP contribution in [0.15, 0.2) is 30.3 Å². The van der Waals surface area contributed by atoms with Crippen molar-refractivity contribution < 1.29 is 4.79 Å². The molecular weight excluding hydrogens is 322 g/mol. The second-order valence-corrected chi connectivity index (χ2v) is 8.27. The van der Waals surface area contributed by atoms with Gasteiger partial charge < -0.3 is 16.0 Å². The highest BCUT2D eigenvalue weighted by molar-refractivity contribution is 5.75. The van der Waals surface area contributed by atoms with Crippen molar-refractivity contribution in [3.05, 3.63) is 35.9 Å². The smallest absolute Gasteiger partial charge is 0.220 e. The van der Waals surface area contributed by atoms with E-state index in [1.807, 2.05) is 0 Å². The lowest BCUT2D eigenvalue weighted by Crippen LogP contribution is -2.52. The summed E-state index contributed by atoms with van der Waals surface area (Å²) in [4.78, 5) is 12.4. The molecule has 3 N–H and O–H groups in total. The van der Waals surface area contributed by atoms with Crippen molar-refractivity contribution >= 4 is 5.91 Å². The van der Waals surface area contributed by atoms with E-state index in [4.69, 9.17) is 0 Å². The molecule has 4 nitrogen and oxygen atoms in total. The highest BCUT2D eigenvalue weighted by atomic mass is 16.1. The average Bonchev–Trinajstić information content (AvgIpc) is 3.15. The van der Waals surface area contributed by atoms with Crippen LogP contribution in [-0.2, 0) is 4.79 Å². The van der Waals surface area contributed by atoms with Crippen LogP contribution in [0.4, 0.5) is 0 Å². The molecule has 1 saturated heterocycles. The van der Waals surface area contributed by atoms with Crippen LogP contribution in [0.1, 0.15) is 69.9 Å². The minimum Gasteiger partial charge on any atom is -0.354 e. The largest absolute Gasteiger partial charge is 0.354 e. The van der Waals surface area contributed by atoms with Gasteiger partial charge in [0.1, 0.15) is 0 Å². The van der Waals surface area contributed by atoms with Crippen LogP contribution >= 0.6 is 0 Å². The zero-order chi connectivity index (χ0) is 18.2. The lowest BCUT2D eigenvalue weighted by molar-refractivity contribution is -0.121. The number of hydrogen-bond acceptors (Lipinski definition) is 3. The van der Waals surface area contributed by atoms with Crippen molar-refractivity contribution in [1.29, 1.82) is 0 Å². The van der Waals surface area contributed by atoms with Gasteiger partial charge in [0.15, 0.2) is 0 Å². The molecule has 1 heterocycles. The van der Waals surface area contributed by atoms with Gasteiger partial charge in [-0.2, -0.15) is 0 Å². The predicted molar refractivity (Wildman–Crippen MR) is 107 cm³/mol. The first-order valence-corrected chi connectivity index (χ1v) is 10.5. The maximum atomic E-state index is 12.4. The zero-order valence-corrected chi connectivity index (χ0v) is 16.2. The van der Waals surface area contributed by atoms with Gasteiger partial charge in [-0.05, 0) is 63.6 Å². The number of piperidine rings is 1. The number of nitrogens with one attached hydrogen (secondary N) is 3. The van der Waals surface area contributed by atoms with Crippen LogP contribution in [0.3, 0.4) is 0 Å². The number of carbonyl (C=O) groups is 1. The van der Waals surface area contributed by atoms with E-state index in [1.54, 1.807) is 0 Å². The van der Waals surface area contributed by atoms with Gasteiger partial charge in [-0.15, -0.1) is 0 Å². The second-order valence-electron chi connectivity index (χ2n) is 8.27. The Kier molecular flexibility index (Phi) is 7.09. The number of carbonyl (C=O) groups excluding carboxylic acids is 1.